The first-order valence-corrected chi connectivity index (χ1v) is 37.0. The number of amides is 3. The number of alkyl carbamates (subject to hydrolysis) is 2. The number of ether oxygens (including phenoxy) is 2. The molecule has 0 aliphatic carbocycles. The van der Waals surface area contributed by atoms with Crippen LogP contribution in [0.15, 0.2) is 121 Å². The van der Waals surface area contributed by atoms with Gasteiger partial charge >= 0.3 is 12.2 Å². The number of nitrogens with one attached hydrogen (secondary N) is 2. The molecule has 4 aromatic carbocycles. The van der Waals surface area contributed by atoms with Crippen molar-refractivity contribution in [3.8, 4) is 0 Å². The summed E-state index contributed by atoms with van der Waals surface area (Å²) in [5.41, 5.74) is 30.3. The molecule has 0 bridgehead atoms. The third-order valence-electron chi connectivity index (χ3n) is 20.9. The molecule has 0 unspecified atom stereocenters. The summed E-state index contributed by atoms with van der Waals surface area (Å²) in [5.74, 6) is -0.0745. The van der Waals surface area contributed by atoms with Gasteiger partial charge in [-0.05, 0) is 314 Å². The monoisotopic (exact) mass is 1340 g/mol. The quantitative estimate of drug-likeness (QED) is 0.0279. The standard InChI is InChI=1S/C22H37N3O2.C21H33N3O3.C19H33N3.C18H31N3/c1-21(2,3)27-20(26)24-14-7-15-25-16-12-22(18-23,13-17-25)11-10-19-8-5-4-6-9-19;1-20(2,3)27-19(26)23-15-18(25)24-13-11-21(16-22,12-14-24)10-9-17-7-5-4-6-8-17;1-21(2)13-6-14-22-15-11-19(17-20,12-16-22)10-9-18-7-4-3-5-8-18;1-20(2)14-15-21-12-10-18(16-19,11-13-21)9-8-17-6-4-3-5-7-17/h4-6,8-9H,7,10-18,23H2,1-3H3,(H,24,26);4-8H,9-16,22H2,1-3H3,(H,23,26);3-5,7-8H,6,9-17,20H2,1-2H3;3-7H,8-16,19H2,1-2H3. The van der Waals surface area contributed by atoms with E-state index in [1.54, 1.807) is 20.8 Å². The van der Waals surface area contributed by atoms with Crippen molar-refractivity contribution in [3.05, 3.63) is 144 Å². The van der Waals surface area contributed by atoms with Crippen LogP contribution < -0.4 is 33.6 Å². The smallest absolute Gasteiger partial charge is 0.408 e. The van der Waals surface area contributed by atoms with Gasteiger partial charge in [0.1, 0.15) is 17.7 Å². The number of nitrogens with zero attached hydrogens (tertiary/aromatic N) is 6. The summed E-state index contributed by atoms with van der Waals surface area (Å²) < 4.78 is 10.4. The van der Waals surface area contributed by atoms with Crippen LogP contribution in [-0.4, -0.2) is 211 Å². The number of aryl methyl sites for hydroxylation is 4. The second kappa shape index (κ2) is 42.6. The lowest BCUT2D eigenvalue weighted by atomic mass is 9.74. The number of piperidine rings is 4. The first-order chi connectivity index (χ1) is 46.3. The van der Waals surface area contributed by atoms with E-state index in [9.17, 15) is 14.4 Å². The van der Waals surface area contributed by atoms with Crippen LogP contribution in [0.2, 0.25) is 0 Å². The zero-order valence-electron chi connectivity index (χ0n) is 62.2. The number of likely N-dealkylation sites (N-methyl/N-ethyl adjacent to an activating group) is 1. The molecule has 4 heterocycles. The molecule has 4 aromatic rings. The number of hydrogen-bond donors (Lipinski definition) is 6. The Balaban J connectivity index is 0.000000235. The average Bonchev–Trinajstić information content (AvgIpc) is 0.885. The first kappa shape index (κ1) is 82.2. The molecule has 0 atom stereocenters. The van der Waals surface area contributed by atoms with E-state index in [0.717, 1.165) is 104 Å². The Kier molecular flexibility index (Phi) is 36.1. The minimum atomic E-state index is -0.572. The zero-order valence-corrected chi connectivity index (χ0v) is 62.2. The van der Waals surface area contributed by atoms with E-state index in [-0.39, 0.29) is 29.4 Å². The highest BCUT2D eigenvalue weighted by atomic mass is 16.6. The predicted octanol–water partition coefficient (Wildman–Crippen LogP) is 11.1. The molecule has 17 heteroatoms. The van der Waals surface area contributed by atoms with Crippen LogP contribution in [0.5, 0.6) is 0 Å². The Morgan fingerprint density at radius 2 is 0.701 bits per heavy atom. The Labute approximate surface area is 588 Å². The fourth-order valence-corrected chi connectivity index (χ4v) is 13.8. The molecule has 4 saturated heterocycles. The van der Waals surface area contributed by atoms with Crippen molar-refractivity contribution in [1.29, 1.82) is 0 Å². The molecule has 4 aliphatic heterocycles. The van der Waals surface area contributed by atoms with Crippen molar-refractivity contribution in [1.82, 2.24) is 40.0 Å². The van der Waals surface area contributed by atoms with Crippen LogP contribution in [0.1, 0.15) is 154 Å². The molecule has 544 valence electrons. The number of rotatable bonds is 29. The summed E-state index contributed by atoms with van der Waals surface area (Å²) in [6, 6.07) is 42.8. The molecule has 4 aliphatic rings. The summed E-state index contributed by atoms with van der Waals surface area (Å²) in [6.45, 7) is 28.9. The van der Waals surface area contributed by atoms with Crippen molar-refractivity contribution in [3.63, 3.8) is 0 Å². The van der Waals surface area contributed by atoms with E-state index in [1.165, 1.54) is 126 Å². The topological polar surface area (TPSA) is 217 Å². The van der Waals surface area contributed by atoms with Crippen LogP contribution in [0.4, 0.5) is 9.59 Å². The highest BCUT2D eigenvalue weighted by Crippen LogP contribution is 2.39. The number of hydrogen-bond acceptors (Lipinski definition) is 14. The van der Waals surface area contributed by atoms with Crippen molar-refractivity contribution < 1.29 is 23.9 Å². The number of carbonyl (C=O) groups is 3. The lowest BCUT2D eigenvalue weighted by molar-refractivity contribution is -0.132. The molecule has 0 aromatic heterocycles. The SMILES string of the molecule is CC(C)(C)OC(=O)NCC(=O)N1CCC(CN)(CCc2ccccc2)CC1.CC(C)(C)OC(=O)NCCCN1CCC(CN)(CCc2ccccc2)CC1.CN(C)CCCN1CCC(CN)(CCc2ccccc2)CC1.CN(C)CCN1CCC(CN)(CCc2ccccc2)CC1. The molecule has 0 spiro atoms. The molecule has 8 rings (SSSR count). The zero-order chi connectivity index (χ0) is 70.6. The minimum Gasteiger partial charge on any atom is -0.444 e. The summed E-state index contributed by atoms with van der Waals surface area (Å²) in [4.78, 5) is 49.8. The fourth-order valence-electron chi connectivity index (χ4n) is 13.8. The van der Waals surface area contributed by atoms with Crippen LogP contribution in [-0.2, 0) is 40.0 Å². The molecular weight excluding hydrogens is 1210 g/mol. The van der Waals surface area contributed by atoms with Gasteiger partial charge < -0.3 is 72.4 Å². The van der Waals surface area contributed by atoms with Crippen LogP contribution in [0.25, 0.3) is 0 Å². The molecular formula is C80H134N12O5. The predicted molar refractivity (Wildman–Crippen MR) is 403 cm³/mol. The van der Waals surface area contributed by atoms with Gasteiger partial charge in [0.25, 0.3) is 0 Å². The third kappa shape index (κ3) is 32.6. The summed E-state index contributed by atoms with van der Waals surface area (Å²) in [5, 5.41) is 5.38. The largest absolute Gasteiger partial charge is 0.444 e. The van der Waals surface area contributed by atoms with Gasteiger partial charge in [0.15, 0.2) is 0 Å². The second-order valence-corrected chi connectivity index (χ2v) is 31.3. The maximum absolute atomic E-state index is 12.4. The molecule has 97 heavy (non-hydrogen) atoms. The van der Waals surface area contributed by atoms with E-state index >= 15 is 0 Å². The normalized spacial score (nSPS) is 17.9. The van der Waals surface area contributed by atoms with E-state index in [1.807, 2.05) is 31.7 Å². The molecule has 17 nitrogen and oxygen atoms in total. The van der Waals surface area contributed by atoms with Gasteiger partial charge in [-0.15, -0.1) is 0 Å². The van der Waals surface area contributed by atoms with Gasteiger partial charge in [0, 0.05) is 32.7 Å². The van der Waals surface area contributed by atoms with Crippen LogP contribution >= 0.6 is 0 Å². The number of carbonyl (C=O) groups excluding carboxylic acids is 3. The van der Waals surface area contributed by atoms with Gasteiger partial charge in [-0.3, -0.25) is 4.79 Å². The Morgan fingerprint density at radius 1 is 0.412 bits per heavy atom. The summed E-state index contributed by atoms with van der Waals surface area (Å²) in [7, 11) is 8.60. The van der Waals surface area contributed by atoms with Gasteiger partial charge in [0.2, 0.25) is 5.91 Å². The van der Waals surface area contributed by atoms with E-state index in [0.29, 0.717) is 37.0 Å². The fraction of sp³-hybridized carbons (Fsp3) is 0.662. The molecule has 4 fully saturated rings. The molecule has 3 amide bonds. The maximum atomic E-state index is 12.4. The van der Waals surface area contributed by atoms with Crippen molar-refractivity contribution in [2.75, 3.05) is 153 Å². The summed E-state index contributed by atoms with van der Waals surface area (Å²) >= 11 is 0. The lowest BCUT2D eigenvalue weighted by Gasteiger charge is -2.41. The molecule has 10 N–H and O–H groups in total. The highest BCUT2D eigenvalue weighted by molar-refractivity contribution is 5.82. The maximum Gasteiger partial charge on any atom is 0.408 e. The van der Waals surface area contributed by atoms with Gasteiger partial charge in [-0.1, -0.05) is 121 Å². The third-order valence-corrected chi connectivity index (χ3v) is 20.9. The van der Waals surface area contributed by atoms with Crippen molar-refractivity contribution in [2.45, 2.75) is 168 Å². The first-order valence-electron chi connectivity index (χ1n) is 37.0. The molecule has 0 radical (unpaired) electrons. The van der Waals surface area contributed by atoms with E-state index in [2.05, 4.69) is 179 Å². The summed E-state index contributed by atoms with van der Waals surface area (Å²) in [6.07, 6.45) is 19.6. The van der Waals surface area contributed by atoms with Gasteiger partial charge in [-0.2, -0.15) is 0 Å². The Morgan fingerprint density at radius 3 is 1.00 bits per heavy atom. The Bertz CT molecular complexity index is 2730. The second-order valence-electron chi connectivity index (χ2n) is 31.3. The van der Waals surface area contributed by atoms with Crippen LogP contribution in [0, 0.1) is 21.7 Å². The minimum absolute atomic E-state index is 0.0332. The highest BCUT2D eigenvalue weighted by Gasteiger charge is 2.37. The number of likely N-dealkylation sites (tertiary alicyclic amines) is 4. The van der Waals surface area contributed by atoms with Crippen LogP contribution in [0.3, 0.4) is 0 Å². The van der Waals surface area contributed by atoms with Crippen molar-refractivity contribution in [2.24, 2.45) is 44.6 Å². The molecule has 0 saturated carbocycles. The van der Waals surface area contributed by atoms with Gasteiger partial charge in [-0.25, -0.2) is 9.59 Å². The Hall–Kier alpha value is -5.47. The average molecular weight is 1340 g/mol. The lowest BCUT2D eigenvalue weighted by Crippen LogP contribution is -2.49. The van der Waals surface area contributed by atoms with E-state index < -0.39 is 17.3 Å². The number of benzene rings is 4. The van der Waals surface area contributed by atoms with Gasteiger partial charge in [0.05, 0.1) is 0 Å². The van der Waals surface area contributed by atoms with Crippen molar-refractivity contribution >= 4 is 18.1 Å². The van der Waals surface area contributed by atoms with E-state index in [4.69, 9.17) is 32.4 Å². The number of nitrogens with two attached hydrogens (primary N) is 4.